The molecular formula is C11H19N5OS. The predicted molar refractivity (Wildman–Crippen MR) is 74.0 cm³/mol. The van der Waals surface area contributed by atoms with Crippen LogP contribution in [-0.2, 0) is 4.79 Å². The van der Waals surface area contributed by atoms with Gasteiger partial charge in [-0.2, -0.15) is 0 Å². The molecule has 0 aliphatic carbocycles. The first kappa shape index (κ1) is 14.6. The van der Waals surface area contributed by atoms with Gasteiger partial charge in [-0.25, -0.2) is 9.97 Å². The molecule has 0 saturated heterocycles. The van der Waals surface area contributed by atoms with E-state index in [1.807, 2.05) is 6.92 Å². The van der Waals surface area contributed by atoms with Crippen LogP contribution in [0.3, 0.4) is 0 Å². The van der Waals surface area contributed by atoms with Gasteiger partial charge in [-0.05, 0) is 12.8 Å². The van der Waals surface area contributed by atoms with Gasteiger partial charge < -0.3 is 16.8 Å². The molecule has 100 valence electrons. The number of rotatable bonds is 5. The van der Waals surface area contributed by atoms with Gasteiger partial charge in [0.05, 0.1) is 5.75 Å². The number of hydrogen-bond acceptors (Lipinski definition) is 6. The standard InChI is InChI=1S/C11H19N5OS/c1-6(2)7(3)14-10(17)5-18-11-15-8(12)4-9(13)16-11/h4,6-7H,5H2,1-3H3,(H,14,17)(H4,12,13,15,16)/t7-/m0/s1. The quantitative estimate of drug-likeness (QED) is 0.541. The van der Waals surface area contributed by atoms with E-state index in [2.05, 4.69) is 29.1 Å². The minimum Gasteiger partial charge on any atom is -0.383 e. The van der Waals surface area contributed by atoms with Crippen molar-refractivity contribution in [3.8, 4) is 0 Å². The monoisotopic (exact) mass is 269 g/mol. The van der Waals surface area contributed by atoms with Crippen LogP contribution in [0.1, 0.15) is 20.8 Å². The molecule has 0 saturated carbocycles. The lowest BCUT2D eigenvalue weighted by atomic mass is 10.1. The Morgan fingerprint density at radius 1 is 1.33 bits per heavy atom. The van der Waals surface area contributed by atoms with Crippen LogP contribution in [0, 0.1) is 5.92 Å². The van der Waals surface area contributed by atoms with Gasteiger partial charge in [0.15, 0.2) is 5.16 Å². The fraction of sp³-hybridized carbons (Fsp3) is 0.545. The molecule has 1 amide bonds. The van der Waals surface area contributed by atoms with Crippen molar-refractivity contribution in [2.75, 3.05) is 17.2 Å². The first-order valence-electron chi connectivity index (χ1n) is 5.70. The minimum absolute atomic E-state index is 0.0502. The van der Waals surface area contributed by atoms with Gasteiger partial charge >= 0.3 is 0 Å². The summed E-state index contributed by atoms with van der Waals surface area (Å²) in [5, 5.41) is 3.32. The number of nitrogens with two attached hydrogens (primary N) is 2. The highest BCUT2D eigenvalue weighted by Crippen LogP contribution is 2.16. The van der Waals surface area contributed by atoms with Crippen LogP contribution in [0.15, 0.2) is 11.2 Å². The zero-order chi connectivity index (χ0) is 13.7. The number of nitrogens with one attached hydrogen (secondary N) is 1. The Morgan fingerprint density at radius 3 is 2.39 bits per heavy atom. The molecule has 1 heterocycles. The van der Waals surface area contributed by atoms with Crippen LogP contribution in [0.25, 0.3) is 0 Å². The van der Waals surface area contributed by atoms with Gasteiger partial charge in [0, 0.05) is 12.1 Å². The third-order valence-corrected chi connectivity index (χ3v) is 3.31. The summed E-state index contributed by atoms with van der Waals surface area (Å²) in [7, 11) is 0. The number of anilines is 2. The largest absolute Gasteiger partial charge is 0.383 e. The van der Waals surface area contributed by atoms with Crippen molar-refractivity contribution < 1.29 is 4.79 Å². The topological polar surface area (TPSA) is 107 Å². The molecule has 0 fully saturated rings. The number of thioether (sulfide) groups is 1. The second-order valence-electron chi connectivity index (χ2n) is 4.39. The van der Waals surface area contributed by atoms with E-state index in [0.29, 0.717) is 22.7 Å². The van der Waals surface area contributed by atoms with Gasteiger partial charge in [-0.1, -0.05) is 25.6 Å². The summed E-state index contributed by atoms with van der Waals surface area (Å²) < 4.78 is 0. The highest BCUT2D eigenvalue weighted by Gasteiger charge is 2.11. The molecule has 0 aliphatic rings. The molecule has 1 aromatic rings. The highest BCUT2D eigenvalue weighted by atomic mass is 32.2. The lowest BCUT2D eigenvalue weighted by Crippen LogP contribution is -2.37. The molecule has 5 N–H and O–H groups in total. The maximum Gasteiger partial charge on any atom is 0.230 e. The fourth-order valence-corrected chi connectivity index (χ4v) is 1.80. The van der Waals surface area contributed by atoms with Crippen molar-refractivity contribution in [1.29, 1.82) is 0 Å². The number of amides is 1. The fourth-order valence-electron chi connectivity index (χ4n) is 1.12. The first-order chi connectivity index (χ1) is 8.38. The van der Waals surface area contributed by atoms with Crippen molar-refractivity contribution in [3.63, 3.8) is 0 Å². The Labute approximate surface area is 111 Å². The summed E-state index contributed by atoms with van der Waals surface area (Å²) in [5.41, 5.74) is 11.1. The molecule has 0 unspecified atom stereocenters. The average Bonchev–Trinajstić information content (AvgIpc) is 2.25. The van der Waals surface area contributed by atoms with E-state index in [0.717, 1.165) is 0 Å². The molecule has 0 aliphatic heterocycles. The number of nitrogen functional groups attached to an aromatic ring is 2. The Balaban J connectivity index is 2.47. The molecule has 0 radical (unpaired) electrons. The molecule has 18 heavy (non-hydrogen) atoms. The third kappa shape index (κ3) is 4.79. The van der Waals surface area contributed by atoms with Crippen molar-refractivity contribution in [2.45, 2.75) is 32.0 Å². The summed E-state index contributed by atoms with van der Waals surface area (Å²) in [6.45, 7) is 6.09. The SMILES string of the molecule is CC(C)[C@H](C)NC(=O)CSc1nc(N)cc(N)n1. The second-order valence-corrected chi connectivity index (χ2v) is 5.33. The molecule has 1 atom stereocenters. The number of carbonyl (C=O) groups is 1. The minimum atomic E-state index is -0.0502. The Bertz CT molecular complexity index is 404. The van der Waals surface area contributed by atoms with E-state index in [-0.39, 0.29) is 17.7 Å². The molecule has 0 spiro atoms. The summed E-state index contributed by atoms with van der Waals surface area (Å²) in [4.78, 5) is 19.6. The zero-order valence-corrected chi connectivity index (χ0v) is 11.6. The van der Waals surface area contributed by atoms with Crippen LogP contribution in [-0.4, -0.2) is 27.7 Å². The van der Waals surface area contributed by atoms with Crippen LogP contribution < -0.4 is 16.8 Å². The number of nitrogens with zero attached hydrogens (tertiary/aromatic N) is 2. The molecule has 6 nitrogen and oxygen atoms in total. The van der Waals surface area contributed by atoms with Gasteiger partial charge in [-0.15, -0.1) is 0 Å². The molecule has 0 aromatic carbocycles. The summed E-state index contributed by atoms with van der Waals surface area (Å²) >= 11 is 1.22. The van der Waals surface area contributed by atoms with E-state index in [1.165, 1.54) is 17.8 Å². The van der Waals surface area contributed by atoms with Crippen LogP contribution in [0.2, 0.25) is 0 Å². The number of aromatic nitrogens is 2. The molecule has 0 bridgehead atoms. The van der Waals surface area contributed by atoms with E-state index >= 15 is 0 Å². The maximum absolute atomic E-state index is 11.7. The number of carbonyl (C=O) groups excluding carboxylic acids is 1. The maximum atomic E-state index is 11.7. The molecule has 7 heteroatoms. The predicted octanol–water partition coefficient (Wildman–Crippen LogP) is 0.894. The van der Waals surface area contributed by atoms with Gasteiger partial charge in [0.1, 0.15) is 11.6 Å². The lowest BCUT2D eigenvalue weighted by molar-refractivity contribution is -0.119. The van der Waals surface area contributed by atoms with E-state index in [9.17, 15) is 4.79 Å². The first-order valence-corrected chi connectivity index (χ1v) is 6.69. The Kier molecular flexibility index (Phi) is 5.21. The van der Waals surface area contributed by atoms with Crippen LogP contribution >= 0.6 is 11.8 Å². The summed E-state index contributed by atoms with van der Waals surface area (Å²) in [6, 6.07) is 1.62. The Hall–Kier alpha value is -1.50. The average molecular weight is 269 g/mol. The molecular weight excluding hydrogens is 250 g/mol. The summed E-state index contributed by atoms with van der Waals surface area (Å²) in [5.74, 6) is 1.21. The van der Waals surface area contributed by atoms with Gasteiger partial charge in [-0.3, -0.25) is 4.79 Å². The second kappa shape index (κ2) is 6.44. The number of hydrogen-bond donors (Lipinski definition) is 3. The van der Waals surface area contributed by atoms with Crippen molar-refractivity contribution in [2.24, 2.45) is 5.92 Å². The molecule has 1 rings (SSSR count). The van der Waals surface area contributed by atoms with Crippen molar-refractivity contribution in [3.05, 3.63) is 6.07 Å². The van der Waals surface area contributed by atoms with Crippen LogP contribution in [0.4, 0.5) is 11.6 Å². The smallest absolute Gasteiger partial charge is 0.230 e. The molecule has 1 aromatic heterocycles. The van der Waals surface area contributed by atoms with E-state index < -0.39 is 0 Å². The van der Waals surface area contributed by atoms with Crippen molar-refractivity contribution >= 4 is 29.3 Å². The van der Waals surface area contributed by atoms with Gasteiger partial charge in [0.2, 0.25) is 5.91 Å². The normalized spacial score (nSPS) is 12.4. The zero-order valence-electron chi connectivity index (χ0n) is 10.8. The highest BCUT2D eigenvalue weighted by molar-refractivity contribution is 7.99. The van der Waals surface area contributed by atoms with Crippen LogP contribution in [0.5, 0.6) is 0 Å². The van der Waals surface area contributed by atoms with E-state index in [1.54, 1.807) is 0 Å². The third-order valence-electron chi connectivity index (χ3n) is 2.47. The summed E-state index contributed by atoms with van der Waals surface area (Å²) in [6.07, 6.45) is 0. The van der Waals surface area contributed by atoms with E-state index in [4.69, 9.17) is 11.5 Å². The van der Waals surface area contributed by atoms with Gasteiger partial charge in [0.25, 0.3) is 0 Å². The Morgan fingerprint density at radius 2 is 1.89 bits per heavy atom. The lowest BCUT2D eigenvalue weighted by Gasteiger charge is -2.16. The van der Waals surface area contributed by atoms with Crippen molar-refractivity contribution in [1.82, 2.24) is 15.3 Å².